The quantitative estimate of drug-likeness (QED) is 0.709. The first-order chi connectivity index (χ1) is 7.83. The number of rotatable bonds is 2. The highest BCUT2D eigenvalue weighted by atomic mass is 16.7. The Hall–Kier alpha value is -1.71. The first-order valence-corrected chi connectivity index (χ1v) is 5.38. The van der Waals surface area contributed by atoms with E-state index in [1.165, 1.54) is 0 Å². The fourth-order valence-corrected chi connectivity index (χ4v) is 2.08. The van der Waals surface area contributed by atoms with Crippen molar-refractivity contribution in [3.8, 4) is 11.5 Å². The van der Waals surface area contributed by atoms with E-state index in [9.17, 15) is 4.79 Å². The van der Waals surface area contributed by atoms with Crippen molar-refractivity contribution in [1.82, 2.24) is 0 Å². The predicted octanol–water partition coefficient (Wildman–Crippen LogP) is 1.52. The van der Waals surface area contributed by atoms with E-state index in [4.69, 9.17) is 14.2 Å². The molecule has 1 fully saturated rings. The third-order valence-corrected chi connectivity index (χ3v) is 2.99. The second-order valence-corrected chi connectivity index (χ2v) is 4.03. The van der Waals surface area contributed by atoms with Crippen LogP contribution in [0, 0.1) is 5.92 Å². The lowest BCUT2D eigenvalue weighted by atomic mass is 9.97. The van der Waals surface area contributed by atoms with Gasteiger partial charge in [-0.1, -0.05) is 6.07 Å². The molecule has 1 atom stereocenters. The van der Waals surface area contributed by atoms with Gasteiger partial charge >= 0.3 is 5.97 Å². The van der Waals surface area contributed by atoms with Crippen LogP contribution in [0.15, 0.2) is 18.2 Å². The molecule has 2 bridgehead atoms. The summed E-state index contributed by atoms with van der Waals surface area (Å²) in [6.07, 6.45) is 1.49. The molecule has 84 valence electrons. The van der Waals surface area contributed by atoms with Gasteiger partial charge in [-0.05, 0) is 24.5 Å². The summed E-state index contributed by atoms with van der Waals surface area (Å²) in [7, 11) is 0. The molecule has 0 saturated carbocycles. The topological polar surface area (TPSA) is 44.8 Å². The van der Waals surface area contributed by atoms with Gasteiger partial charge in [0.15, 0.2) is 0 Å². The molecule has 0 N–H and O–H groups in total. The highest BCUT2D eigenvalue weighted by Crippen LogP contribution is 2.31. The van der Waals surface area contributed by atoms with Gasteiger partial charge in [0, 0.05) is 6.07 Å². The molecule has 4 nitrogen and oxygen atoms in total. The van der Waals surface area contributed by atoms with Gasteiger partial charge < -0.3 is 14.2 Å². The van der Waals surface area contributed by atoms with Gasteiger partial charge in [-0.15, -0.1) is 0 Å². The summed E-state index contributed by atoms with van der Waals surface area (Å²) < 4.78 is 15.5. The fourth-order valence-electron chi connectivity index (χ4n) is 2.08. The van der Waals surface area contributed by atoms with Crippen LogP contribution >= 0.6 is 0 Å². The summed E-state index contributed by atoms with van der Waals surface area (Å²) >= 11 is 0. The van der Waals surface area contributed by atoms with E-state index in [-0.39, 0.29) is 18.7 Å². The van der Waals surface area contributed by atoms with Crippen LogP contribution in [-0.4, -0.2) is 19.4 Å². The SMILES string of the molecule is O=C1OCCC1Cc1ccc2cc1OCO2. The predicted molar refractivity (Wildman–Crippen MR) is 55.3 cm³/mol. The zero-order valence-corrected chi connectivity index (χ0v) is 8.77. The Balaban J connectivity index is 1.82. The van der Waals surface area contributed by atoms with Crippen LogP contribution in [0.4, 0.5) is 0 Å². The van der Waals surface area contributed by atoms with Gasteiger partial charge in [0.1, 0.15) is 11.5 Å². The molecule has 16 heavy (non-hydrogen) atoms. The van der Waals surface area contributed by atoms with Crippen molar-refractivity contribution in [2.45, 2.75) is 12.8 Å². The Kier molecular flexibility index (Phi) is 2.20. The molecule has 2 heterocycles. The lowest BCUT2D eigenvalue weighted by Crippen LogP contribution is -2.15. The standard InChI is InChI=1S/C12H12O4/c13-12-9(3-4-14-12)5-8-1-2-10-6-11(8)16-7-15-10/h1-2,6,9H,3-5,7H2. The van der Waals surface area contributed by atoms with E-state index in [1.54, 1.807) is 0 Å². The molecular formula is C12H12O4. The first kappa shape index (κ1) is 9.51. The maximum atomic E-state index is 11.4. The number of esters is 1. The average Bonchev–Trinajstić information content (AvgIpc) is 2.69. The van der Waals surface area contributed by atoms with Crippen molar-refractivity contribution in [2.24, 2.45) is 5.92 Å². The van der Waals surface area contributed by atoms with E-state index in [0.717, 1.165) is 23.5 Å². The van der Waals surface area contributed by atoms with E-state index in [1.807, 2.05) is 18.2 Å². The van der Waals surface area contributed by atoms with Crippen molar-refractivity contribution in [1.29, 1.82) is 0 Å². The summed E-state index contributed by atoms with van der Waals surface area (Å²) in [6, 6.07) is 5.72. The lowest BCUT2D eigenvalue weighted by molar-refractivity contribution is -0.141. The highest BCUT2D eigenvalue weighted by molar-refractivity contribution is 5.74. The van der Waals surface area contributed by atoms with Crippen LogP contribution in [-0.2, 0) is 16.0 Å². The molecule has 0 spiro atoms. The van der Waals surface area contributed by atoms with Gasteiger partial charge in [-0.3, -0.25) is 4.79 Å². The number of carbonyl (C=O) groups excluding carboxylic acids is 1. The molecule has 4 heteroatoms. The molecule has 2 aliphatic heterocycles. The highest BCUT2D eigenvalue weighted by Gasteiger charge is 2.28. The zero-order chi connectivity index (χ0) is 11.0. The fraction of sp³-hybridized carbons (Fsp3) is 0.417. The van der Waals surface area contributed by atoms with Crippen LogP contribution in [0.1, 0.15) is 12.0 Å². The Morgan fingerprint density at radius 3 is 3.00 bits per heavy atom. The minimum absolute atomic E-state index is 0.0199. The third kappa shape index (κ3) is 1.60. The molecule has 1 aromatic rings. The summed E-state index contributed by atoms with van der Waals surface area (Å²) in [5, 5.41) is 0. The Morgan fingerprint density at radius 2 is 2.19 bits per heavy atom. The van der Waals surface area contributed by atoms with Gasteiger partial charge in [-0.2, -0.15) is 0 Å². The summed E-state index contributed by atoms with van der Waals surface area (Å²) in [6.45, 7) is 0.797. The molecule has 0 radical (unpaired) electrons. The van der Waals surface area contributed by atoms with Gasteiger partial charge in [0.25, 0.3) is 0 Å². The lowest BCUT2D eigenvalue weighted by Gasteiger charge is -2.19. The molecule has 1 unspecified atom stereocenters. The maximum Gasteiger partial charge on any atom is 0.309 e. The second kappa shape index (κ2) is 3.70. The number of hydrogen-bond acceptors (Lipinski definition) is 4. The molecule has 0 aromatic heterocycles. The Labute approximate surface area is 93.1 Å². The van der Waals surface area contributed by atoms with Crippen molar-refractivity contribution in [2.75, 3.05) is 13.4 Å². The Morgan fingerprint density at radius 1 is 1.25 bits per heavy atom. The van der Waals surface area contributed by atoms with E-state index < -0.39 is 0 Å². The van der Waals surface area contributed by atoms with E-state index in [0.29, 0.717) is 13.0 Å². The third-order valence-electron chi connectivity index (χ3n) is 2.99. The summed E-state index contributed by atoms with van der Waals surface area (Å²) in [4.78, 5) is 11.4. The second-order valence-electron chi connectivity index (χ2n) is 4.03. The van der Waals surface area contributed by atoms with Crippen molar-refractivity contribution < 1.29 is 19.0 Å². The number of ether oxygens (including phenoxy) is 3. The average molecular weight is 220 g/mol. The zero-order valence-electron chi connectivity index (χ0n) is 8.77. The number of carbonyl (C=O) groups is 1. The molecule has 1 saturated heterocycles. The van der Waals surface area contributed by atoms with Crippen LogP contribution in [0.2, 0.25) is 0 Å². The van der Waals surface area contributed by atoms with Crippen LogP contribution in [0.5, 0.6) is 11.5 Å². The Bertz CT molecular complexity index is 427. The van der Waals surface area contributed by atoms with Crippen LogP contribution in [0.25, 0.3) is 0 Å². The van der Waals surface area contributed by atoms with Crippen molar-refractivity contribution in [3.63, 3.8) is 0 Å². The molecule has 0 aliphatic carbocycles. The molecule has 2 aliphatic rings. The van der Waals surface area contributed by atoms with Crippen LogP contribution in [0.3, 0.4) is 0 Å². The van der Waals surface area contributed by atoms with Gasteiger partial charge in [0.2, 0.25) is 6.79 Å². The summed E-state index contributed by atoms with van der Waals surface area (Å²) in [5.41, 5.74) is 1.05. The molecular weight excluding hydrogens is 208 g/mol. The monoisotopic (exact) mass is 220 g/mol. The van der Waals surface area contributed by atoms with E-state index >= 15 is 0 Å². The van der Waals surface area contributed by atoms with Gasteiger partial charge in [-0.25, -0.2) is 0 Å². The molecule has 0 amide bonds. The van der Waals surface area contributed by atoms with Gasteiger partial charge in [0.05, 0.1) is 12.5 Å². The number of hydrogen-bond donors (Lipinski definition) is 0. The number of benzene rings is 1. The minimum atomic E-state index is -0.0941. The number of cyclic esters (lactones) is 1. The van der Waals surface area contributed by atoms with E-state index in [2.05, 4.69) is 0 Å². The number of fused-ring (bicyclic) bond motifs is 2. The van der Waals surface area contributed by atoms with Crippen LogP contribution < -0.4 is 9.47 Å². The smallest absolute Gasteiger partial charge is 0.309 e. The molecule has 1 aromatic carbocycles. The largest absolute Gasteiger partial charge is 0.465 e. The maximum absolute atomic E-state index is 11.4. The summed E-state index contributed by atoms with van der Waals surface area (Å²) in [5.74, 6) is 1.53. The molecule has 3 rings (SSSR count). The van der Waals surface area contributed by atoms with Crippen molar-refractivity contribution in [3.05, 3.63) is 23.8 Å². The normalized spacial score (nSPS) is 22.2. The first-order valence-electron chi connectivity index (χ1n) is 5.38. The minimum Gasteiger partial charge on any atom is -0.465 e. The van der Waals surface area contributed by atoms with Crippen molar-refractivity contribution >= 4 is 5.97 Å².